The Kier molecular flexibility index (Phi) is 5.89. The molecule has 5 heterocycles. The lowest BCUT2D eigenvalue weighted by Gasteiger charge is -2.41. The molecule has 0 aliphatic carbocycles. The quantitative estimate of drug-likeness (QED) is 0.659. The standard InChI is InChI=1S/C21H30N4O5S/c26-21(23-17-13-31(27,28)14-17)16-10-19-18(2-6-30-19)25(12-16)11-15-1-3-22-20(9-15)24-4-7-29-8-5-24/h1,3,9,16-19H,2,4-8,10-14H2,(H,23,26)/t16-,18+,19+/m0/s1. The van der Waals surface area contributed by atoms with Gasteiger partial charge in [-0.1, -0.05) is 0 Å². The molecule has 4 fully saturated rings. The predicted molar refractivity (Wildman–Crippen MR) is 115 cm³/mol. The number of carbonyl (C=O) groups is 1. The molecule has 1 aromatic heterocycles. The largest absolute Gasteiger partial charge is 0.378 e. The van der Waals surface area contributed by atoms with Crippen molar-refractivity contribution in [2.75, 3.05) is 55.9 Å². The van der Waals surface area contributed by atoms with E-state index in [0.29, 0.717) is 19.0 Å². The number of piperidine rings is 1. The first-order chi connectivity index (χ1) is 15.0. The molecule has 1 aromatic rings. The number of rotatable bonds is 5. The summed E-state index contributed by atoms with van der Waals surface area (Å²) in [5, 5.41) is 2.93. The van der Waals surface area contributed by atoms with E-state index in [-0.39, 0.29) is 35.5 Å². The van der Waals surface area contributed by atoms with Gasteiger partial charge in [-0.2, -0.15) is 0 Å². The average Bonchev–Trinajstić information content (AvgIpc) is 3.22. The third kappa shape index (κ3) is 4.72. The summed E-state index contributed by atoms with van der Waals surface area (Å²) < 4.78 is 34.2. The van der Waals surface area contributed by atoms with E-state index >= 15 is 0 Å². The zero-order chi connectivity index (χ0) is 21.4. The molecule has 0 bridgehead atoms. The molecular formula is C21H30N4O5S. The second-order valence-corrected chi connectivity index (χ2v) is 11.2. The van der Waals surface area contributed by atoms with Gasteiger partial charge in [0.1, 0.15) is 5.82 Å². The molecule has 4 saturated heterocycles. The van der Waals surface area contributed by atoms with Gasteiger partial charge in [0.15, 0.2) is 9.84 Å². The number of sulfone groups is 1. The van der Waals surface area contributed by atoms with Crippen LogP contribution in [0.15, 0.2) is 18.3 Å². The van der Waals surface area contributed by atoms with Crippen molar-refractivity contribution < 1.29 is 22.7 Å². The zero-order valence-corrected chi connectivity index (χ0v) is 18.4. The van der Waals surface area contributed by atoms with Crippen molar-refractivity contribution in [2.24, 2.45) is 5.92 Å². The molecule has 31 heavy (non-hydrogen) atoms. The van der Waals surface area contributed by atoms with Gasteiger partial charge in [-0.3, -0.25) is 9.69 Å². The molecule has 9 nitrogen and oxygen atoms in total. The first-order valence-corrected chi connectivity index (χ1v) is 12.9. The second-order valence-electron chi connectivity index (χ2n) is 9.03. The molecule has 10 heteroatoms. The molecule has 1 N–H and O–H groups in total. The van der Waals surface area contributed by atoms with Crippen molar-refractivity contribution in [1.82, 2.24) is 15.2 Å². The Balaban J connectivity index is 1.26. The number of anilines is 1. The fourth-order valence-corrected chi connectivity index (χ4v) is 6.45. The van der Waals surface area contributed by atoms with Crippen LogP contribution in [0.4, 0.5) is 5.82 Å². The van der Waals surface area contributed by atoms with Crippen LogP contribution in [0.3, 0.4) is 0 Å². The van der Waals surface area contributed by atoms with Crippen LogP contribution >= 0.6 is 0 Å². The number of nitrogens with one attached hydrogen (secondary N) is 1. The number of nitrogens with zero attached hydrogens (tertiary/aromatic N) is 3. The molecule has 5 rings (SSSR count). The maximum Gasteiger partial charge on any atom is 0.224 e. The summed E-state index contributed by atoms with van der Waals surface area (Å²) in [4.78, 5) is 22.0. The van der Waals surface area contributed by atoms with Gasteiger partial charge in [-0.15, -0.1) is 0 Å². The van der Waals surface area contributed by atoms with E-state index < -0.39 is 9.84 Å². The smallest absolute Gasteiger partial charge is 0.224 e. The van der Waals surface area contributed by atoms with Crippen molar-refractivity contribution in [3.8, 4) is 0 Å². The Labute approximate surface area is 183 Å². The fraction of sp³-hybridized carbons (Fsp3) is 0.714. The van der Waals surface area contributed by atoms with Gasteiger partial charge in [0.25, 0.3) is 0 Å². The first-order valence-electron chi connectivity index (χ1n) is 11.1. The van der Waals surface area contributed by atoms with E-state index in [0.717, 1.165) is 51.7 Å². The molecule has 0 spiro atoms. The van der Waals surface area contributed by atoms with Crippen LogP contribution in [-0.2, 0) is 30.7 Å². The Bertz CT molecular complexity index is 908. The highest BCUT2D eigenvalue weighted by Crippen LogP contribution is 2.33. The number of hydrogen-bond acceptors (Lipinski definition) is 8. The maximum atomic E-state index is 12.8. The average molecular weight is 451 g/mol. The normalized spacial score (nSPS) is 31.1. The van der Waals surface area contributed by atoms with E-state index in [2.05, 4.69) is 26.2 Å². The summed E-state index contributed by atoms with van der Waals surface area (Å²) in [6.07, 6.45) is 3.58. The number of hydrogen-bond donors (Lipinski definition) is 1. The second kappa shape index (κ2) is 8.65. The first kappa shape index (κ1) is 21.1. The number of ether oxygens (including phenoxy) is 2. The van der Waals surface area contributed by atoms with Crippen LogP contribution in [0.2, 0.25) is 0 Å². The number of fused-ring (bicyclic) bond motifs is 1. The minimum atomic E-state index is -2.95. The van der Waals surface area contributed by atoms with E-state index in [1.165, 1.54) is 5.56 Å². The van der Waals surface area contributed by atoms with Gasteiger partial charge < -0.3 is 19.7 Å². The van der Waals surface area contributed by atoms with Crippen LogP contribution in [0.1, 0.15) is 18.4 Å². The highest BCUT2D eigenvalue weighted by Gasteiger charge is 2.43. The summed E-state index contributed by atoms with van der Waals surface area (Å²) in [7, 11) is -2.95. The minimum Gasteiger partial charge on any atom is -0.378 e. The molecule has 0 aromatic carbocycles. The lowest BCUT2D eigenvalue weighted by molar-refractivity contribution is -0.130. The van der Waals surface area contributed by atoms with Crippen molar-refractivity contribution in [2.45, 2.75) is 37.6 Å². The summed E-state index contributed by atoms with van der Waals surface area (Å²) >= 11 is 0. The summed E-state index contributed by atoms with van der Waals surface area (Å²) in [6.45, 7) is 5.25. The third-order valence-corrected chi connectivity index (χ3v) is 8.59. The minimum absolute atomic E-state index is 0.0511. The van der Waals surface area contributed by atoms with Gasteiger partial charge in [-0.05, 0) is 30.5 Å². The molecule has 4 aliphatic heterocycles. The van der Waals surface area contributed by atoms with Crippen molar-refractivity contribution in [3.63, 3.8) is 0 Å². The number of amides is 1. The van der Waals surface area contributed by atoms with Crippen LogP contribution in [0, 0.1) is 5.92 Å². The van der Waals surface area contributed by atoms with Crippen molar-refractivity contribution >= 4 is 21.6 Å². The molecule has 3 atom stereocenters. The predicted octanol–water partition coefficient (Wildman–Crippen LogP) is -0.189. The van der Waals surface area contributed by atoms with E-state index in [4.69, 9.17) is 9.47 Å². The maximum absolute atomic E-state index is 12.8. The monoisotopic (exact) mass is 450 g/mol. The SMILES string of the molecule is O=C(NC1CS(=O)(=O)C1)[C@H]1C[C@H]2OCC[C@H]2N(Cc2ccnc(N3CCOCC3)c2)C1. The Hall–Kier alpha value is -1.75. The summed E-state index contributed by atoms with van der Waals surface area (Å²) in [5.74, 6) is 0.835. The van der Waals surface area contributed by atoms with E-state index in [9.17, 15) is 13.2 Å². The lowest BCUT2D eigenvalue weighted by Crippen LogP contribution is -2.57. The van der Waals surface area contributed by atoms with Gasteiger partial charge in [0, 0.05) is 45.0 Å². The number of pyridine rings is 1. The highest BCUT2D eigenvalue weighted by atomic mass is 32.2. The number of likely N-dealkylation sites (tertiary alicyclic amines) is 1. The molecule has 0 radical (unpaired) electrons. The number of morpholine rings is 1. The summed E-state index contributed by atoms with van der Waals surface area (Å²) in [6, 6.07) is 4.24. The Morgan fingerprint density at radius 2 is 2.03 bits per heavy atom. The number of aromatic nitrogens is 1. The van der Waals surface area contributed by atoms with Gasteiger partial charge >= 0.3 is 0 Å². The Morgan fingerprint density at radius 1 is 1.23 bits per heavy atom. The summed E-state index contributed by atoms with van der Waals surface area (Å²) in [5.41, 5.74) is 1.17. The van der Waals surface area contributed by atoms with Crippen LogP contribution in [0.25, 0.3) is 0 Å². The fourth-order valence-electron chi connectivity index (χ4n) is 5.15. The lowest BCUT2D eigenvalue weighted by atomic mass is 9.89. The van der Waals surface area contributed by atoms with Gasteiger partial charge in [0.2, 0.25) is 5.91 Å². The van der Waals surface area contributed by atoms with Crippen molar-refractivity contribution in [1.29, 1.82) is 0 Å². The molecule has 170 valence electrons. The highest BCUT2D eigenvalue weighted by molar-refractivity contribution is 7.92. The molecule has 0 saturated carbocycles. The van der Waals surface area contributed by atoms with E-state index in [1.54, 1.807) is 0 Å². The van der Waals surface area contributed by atoms with Gasteiger partial charge in [-0.25, -0.2) is 13.4 Å². The topological polar surface area (TPSA) is 101 Å². The Morgan fingerprint density at radius 3 is 2.81 bits per heavy atom. The van der Waals surface area contributed by atoms with Crippen LogP contribution in [0.5, 0.6) is 0 Å². The number of carbonyl (C=O) groups excluding carboxylic acids is 1. The van der Waals surface area contributed by atoms with Gasteiger partial charge in [0.05, 0.1) is 42.8 Å². The zero-order valence-electron chi connectivity index (χ0n) is 17.6. The molecule has 1 amide bonds. The van der Waals surface area contributed by atoms with Crippen LogP contribution in [-0.4, -0.2) is 93.4 Å². The molecular weight excluding hydrogens is 420 g/mol. The van der Waals surface area contributed by atoms with Crippen molar-refractivity contribution in [3.05, 3.63) is 23.9 Å². The molecule has 4 aliphatic rings. The van der Waals surface area contributed by atoms with Crippen LogP contribution < -0.4 is 10.2 Å². The van der Waals surface area contributed by atoms with E-state index in [1.807, 2.05) is 12.3 Å². The third-order valence-electron chi connectivity index (χ3n) is 6.77. The molecule has 0 unspecified atom stereocenters.